The van der Waals surface area contributed by atoms with Gasteiger partial charge in [0, 0.05) is 24.1 Å². The lowest BCUT2D eigenvalue weighted by Gasteiger charge is -2.29. The average molecular weight is 397 g/mol. The highest BCUT2D eigenvalue weighted by molar-refractivity contribution is 6.21. The van der Waals surface area contributed by atoms with Crippen molar-refractivity contribution in [1.29, 1.82) is 0 Å². The maximum atomic E-state index is 13.1. The van der Waals surface area contributed by atoms with E-state index >= 15 is 0 Å². The second kappa shape index (κ2) is 7.12. The van der Waals surface area contributed by atoms with Gasteiger partial charge in [0.1, 0.15) is 11.7 Å². The van der Waals surface area contributed by atoms with Gasteiger partial charge < -0.3 is 9.42 Å². The Kier molecular flexibility index (Phi) is 4.61. The molecule has 1 fully saturated rings. The van der Waals surface area contributed by atoms with Gasteiger partial charge in [-0.05, 0) is 19.3 Å². The van der Waals surface area contributed by atoms with E-state index in [0.29, 0.717) is 36.4 Å². The molecule has 4 amide bonds. The number of hydrogen-bond acceptors (Lipinski definition) is 8. The summed E-state index contributed by atoms with van der Waals surface area (Å²) in [6.07, 6.45) is 2.83. The van der Waals surface area contributed by atoms with E-state index in [2.05, 4.69) is 28.6 Å². The monoisotopic (exact) mass is 397 g/mol. The second-order valence-electron chi connectivity index (χ2n) is 7.04. The summed E-state index contributed by atoms with van der Waals surface area (Å²) in [5.41, 5.74) is 1.14. The average Bonchev–Trinajstić information content (AvgIpc) is 3.26. The molecular weight excluding hydrogens is 378 g/mol. The van der Waals surface area contributed by atoms with E-state index in [0.717, 1.165) is 4.90 Å². The van der Waals surface area contributed by atoms with E-state index < -0.39 is 29.7 Å². The van der Waals surface area contributed by atoms with Crippen LogP contribution in [0.25, 0.3) is 5.57 Å². The first-order valence-electron chi connectivity index (χ1n) is 9.24. The summed E-state index contributed by atoms with van der Waals surface area (Å²) >= 11 is 0. The molecule has 1 unspecified atom stereocenters. The number of carbonyl (C=O) groups is 4. The molecule has 10 nitrogen and oxygen atoms in total. The fourth-order valence-corrected chi connectivity index (χ4v) is 3.77. The van der Waals surface area contributed by atoms with Gasteiger partial charge in [-0.25, -0.2) is 0 Å². The number of allylic oxidation sites excluding steroid dienone is 2. The molecule has 0 spiro atoms. The van der Waals surface area contributed by atoms with Crippen molar-refractivity contribution in [2.75, 3.05) is 6.54 Å². The fraction of sp³-hybridized carbons (Fsp3) is 0.368. The van der Waals surface area contributed by atoms with Gasteiger partial charge in [-0.15, -0.1) is 0 Å². The molecule has 0 aromatic carbocycles. The molecular formula is C19H19N5O5. The first kappa shape index (κ1) is 18.8. The van der Waals surface area contributed by atoms with Crippen molar-refractivity contribution in [2.45, 2.75) is 38.3 Å². The third kappa shape index (κ3) is 3.16. The number of rotatable bonds is 5. The number of carbonyl (C=O) groups excluding carboxylic acids is 4. The maximum absolute atomic E-state index is 13.1. The van der Waals surface area contributed by atoms with Crippen molar-refractivity contribution in [3.05, 3.63) is 42.2 Å². The predicted octanol–water partition coefficient (Wildman–Crippen LogP) is 0.293. The van der Waals surface area contributed by atoms with Crippen LogP contribution in [0.1, 0.15) is 37.4 Å². The minimum atomic E-state index is -0.980. The predicted molar refractivity (Wildman–Crippen MR) is 98.2 cm³/mol. The van der Waals surface area contributed by atoms with Gasteiger partial charge in [0.2, 0.25) is 23.5 Å². The first-order chi connectivity index (χ1) is 13.9. The minimum absolute atomic E-state index is 0.0831. The Morgan fingerprint density at radius 3 is 2.76 bits per heavy atom. The van der Waals surface area contributed by atoms with E-state index in [9.17, 15) is 19.2 Å². The Hall–Kier alpha value is -3.56. The summed E-state index contributed by atoms with van der Waals surface area (Å²) in [4.78, 5) is 56.5. The quantitative estimate of drug-likeness (QED) is 0.555. The van der Waals surface area contributed by atoms with Gasteiger partial charge in [-0.1, -0.05) is 24.4 Å². The van der Waals surface area contributed by atoms with E-state index in [-0.39, 0.29) is 31.0 Å². The van der Waals surface area contributed by atoms with Gasteiger partial charge in [0.05, 0.1) is 6.54 Å². The van der Waals surface area contributed by atoms with E-state index in [1.165, 1.54) is 6.08 Å². The van der Waals surface area contributed by atoms with Crippen LogP contribution in [0.5, 0.6) is 0 Å². The van der Waals surface area contributed by atoms with Crippen LogP contribution in [-0.2, 0) is 25.7 Å². The molecule has 0 radical (unpaired) electrons. The zero-order chi connectivity index (χ0) is 20.7. The normalized spacial score (nSPS) is 22.1. The van der Waals surface area contributed by atoms with E-state index in [1.807, 2.05) is 0 Å². The highest BCUT2D eigenvalue weighted by Gasteiger charge is 2.48. The van der Waals surface area contributed by atoms with E-state index in [1.54, 1.807) is 4.90 Å². The Morgan fingerprint density at radius 2 is 2.03 bits per heavy atom. The summed E-state index contributed by atoms with van der Waals surface area (Å²) in [5, 5.41) is 6.02. The molecule has 0 bridgehead atoms. The summed E-state index contributed by atoms with van der Waals surface area (Å²) in [6.45, 7) is 8.05. The highest BCUT2D eigenvalue weighted by atomic mass is 16.5. The van der Waals surface area contributed by atoms with Crippen molar-refractivity contribution < 1.29 is 23.7 Å². The molecule has 29 heavy (non-hydrogen) atoms. The molecule has 4 heterocycles. The molecule has 4 rings (SSSR count). The summed E-state index contributed by atoms with van der Waals surface area (Å²) in [6, 6.07) is -0.980. The molecule has 150 valence electrons. The van der Waals surface area contributed by atoms with Gasteiger partial charge in [-0.3, -0.25) is 29.4 Å². The summed E-state index contributed by atoms with van der Waals surface area (Å²) < 4.78 is 5.23. The zero-order valence-electron chi connectivity index (χ0n) is 15.6. The lowest BCUT2D eigenvalue weighted by atomic mass is 10.0. The Bertz CT molecular complexity index is 991. The molecule has 1 saturated heterocycles. The number of piperidine rings is 1. The lowest BCUT2D eigenvalue weighted by molar-refractivity contribution is -0.150. The lowest BCUT2D eigenvalue weighted by Crippen LogP contribution is -2.55. The van der Waals surface area contributed by atoms with Crippen molar-refractivity contribution in [3.63, 3.8) is 0 Å². The molecule has 3 aliphatic heterocycles. The number of nitrogens with one attached hydrogen (secondary N) is 1. The van der Waals surface area contributed by atoms with Crippen LogP contribution in [-0.4, -0.2) is 56.2 Å². The largest absolute Gasteiger partial charge is 0.357 e. The first-order valence-corrected chi connectivity index (χ1v) is 9.24. The number of hydrogen-bond donors (Lipinski definition) is 1. The Balaban J connectivity index is 1.57. The molecule has 1 aromatic rings. The van der Waals surface area contributed by atoms with Crippen molar-refractivity contribution >= 4 is 29.2 Å². The molecule has 1 aromatic heterocycles. The smallest absolute Gasteiger partial charge is 0.278 e. The van der Waals surface area contributed by atoms with Crippen LogP contribution in [0.3, 0.4) is 0 Å². The number of imide groups is 2. The molecule has 1 atom stereocenters. The van der Waals surface area contributed by atoms with Crippen molar-refractivity contribution in [1.82, 2.24) is 25.3 Å². The number of amides is 4. The highest BCUT2D eigenvalue weighted by Crippen LogP contribution is 2.34. The fourth-order valence-electron chi connectivity index (χ4n) is 3.77. The molecule has 0 aliphatic carbocycles. The number of aromatic nitrogens is 2. The van der Waals surface area contributed by atoms with Gasteiger partial charge in [0.15, 0.2) is 0 Å². The van der Waals surface area contributed by atoms with Crippen LogP contribution < -0.4 is 5.32 Å². The maximum Gasteiger partial charge on any atom is 0.278 e. The van der Waals surface area contributed by atoms with Gasteiger partial charge in [0.25, 0.3) is 11.8 Å². The van der Waals surface area contributed by atoms with Crippen molar-refractivity contribution in [2.24, 2.45) is 0 Å². The van der Waals surface area contributed by atoms with E-state index in [4.69, 9.17) is 4.52 Å². The SMILES string of the molecule is C=CC(=C)c1noc(CN2CCCC3=C2C(=O)N(C2CCC(=O)NC2=O)C3=O)n1. The molecule has 10 heteroatoms. The molecule has 0 saturated carbocycles. The summed E-state index contributed by atoms with van der Waals surface area (Å²) in [7, 11) is 0. The van der Waals surface area contributed by atoms with Gasteiger partial charge in [-0.2, -0.15) is 4.98 Å². The Labute approximate surface area is 165 Å². The van der Waals surface area contributed by atoms with Crippen LogP contribution >= 0.6 is 0 Å². The van der Waals surface area contributed by atoms with Crippen LogP contribution in [0, 0.1) is 0 Å². The third-order valence-electron chi connectivity index (χ3n) is 5.20. The molecule has 3 aliphatic rings. The standard InChI is InChI=1S/C19H19N5O5/c1-3-10(2)16-21-14(29-22-16)9-23-8-4-5-11-15(23)19(28)24(18(11)27)12-6-7-13(25)20-17(12)26/h3,12H,1-2,4-9H2,(H,20,25,26). The van der Waals surface area contributed by atoms with Gasteiger partial charge >= 0.3 is 0 Å². The summed E-state index contributed by atoms with van der Waals surface area (Å²) in [5.74, 6) is -1.46. The van der Waals surface area contributed by atoms with Crippen molar-refractivity contribution in [3.8, 4) is 0 Å². The topological polar surface area (TPSA) is 126 Å². The Morgan fingerprint density at radius 1 is 1.24 bits per heavy atom. The van der Waals surface area contributed by atoms with Crippen LogP contribution in [0.15, 0.2) is 35.0 Å². The van der Waals surface area contributed by atoms with Crippen LogP contribution in [0.4, 0.5) is 0 Å². The third-order valence-corrected chi connectivity index (χ3v) is 5.20. The minimum Gasteiger partial charge on any atom is -0.357 e. The second-order valence-corrected chi connectivity index (χ2v) is 7.04. The molecule has 1 N–H and O–H groups in total. The number of nitrogens with zero attached hydrogens (tertiary/aromatic N) is 4. The van der Waals surface area contributed by atoms with Crippen LogP contribution in [0.2, 0.25) is 0 Å². The zero-order valence-corrected chi connectivity index (χ0v) is 15.6.